The molecule has 1 atom stereocenters. The van der Waals surface area contributed by atoms with Crippen molar-refractivity contribution in [2.45, 2.75) is 45.3 Å². The Kier molecular flexibility index (Phi) is 6.46. The number of hydrogen-bond acceptors (Lipinski definition) is 8. The molecule has 4 rings (SSSR count). The van der Waals surface area contributed by atoms with E-state index < -0.39 is 11.7 Å². The molecule has 0 aliphatic carbocycles. The van der Waals surface area contributed by atoms with Gasteiger partial charge >= 0.3 is 6.09 Å². The van der Waals surface area contributed by atoms with E-state index in [1.165, 1.54) is 0 Å². The summed E-state index contributed by atoms with van der Waals surface area (Å²) >= 11 is 6.21. The van der Waals surface area contributed by atoms with Gasteiger partial charge in [-0.05, 0) is 51.1 Å². The van der Waals surface area contributed by atoms with E-state index in [0.717, 1.165) is 0 Å². The van der Waals surface area contributed by atoms with Crippen molar-refractivity contribution < 1.29 is 19.4 Å². The summed E-state index contributed by atoms with van der Waals surface area (Å²) in [6.07, 6.45) is 0.221. The monoisotopic (exact) mass is 466 g/mol. The van der Waals surface area contributed by atoms with Crippen LogP contribution < -0.4 is 4.90 Å². The van der Waals surface area contributed by atoms with Crippen LogP contribution in [0.25, 0.3) is 11.2 Å². The zero-order chi connectivity index (χ0) is 23.0. The van der Waals surface area contributed by atoms with Gasteiger partial charge in [0.1, 0.15) is 17.5 Å². The van der Waals surface area contributed by atoms with Crippen LogP contribution in [0, 0.1) is 5.92 Å². The average Bonchev–Trinajstić information content (AvgIpc) is 3.08. The third-order valence-corrected chi connectivity index (χ3v) is 6.09. The van der Waals surface area contributed by atoms with E-state index in [1.54, 1.807) is 9.47 Å². The molecule has 2 aromatic heterocycles. The minimum absolute atomic E-state index is 0.0283. The van der Waals surface area contributed by atoms with Crippen molar-refractivity contribution in [1.82, 2.24) is 24.4 Å². The number of nitrogens with zero attached hydrogens (tertiary/aromatic N) is 6. The number of ether oxygens (including phenoxy) is 2. The molecule has 1 N–H and O–H groups in total. The Labute approximate surface area is 192 Å². The van der Waals surface area contributed by atoms with Gasteiger partial charge in [-0.1, -0.05) is 0 Å². The number of fused-ring (bicyclic) bond motifs is 1. The van der Waals surface area contributed by atoms with Crippen molar-refractivity contribution in [3.05, 3.63) is 11.1 Å². The molecule has 2 saturated heterocycles. The normalized spacial score (nSPS) is 19.4. The smallest absolute Gasteiger partial charge is 0.410 e. The molecule has 4 heterocycles. The van der Waals surface area contributed by atoms with Crippen LogP contribution in [0.4, 0.5) is 10.6 Å². The van der Waals surface area contributed by atoms with Crippen LogP contribution in [0.5, 0.6) is 0 Å². The fourth-order valence-corrected chi connectivity index (χ4v) is 4.39. The van der Waals surface area contributed by atoms with E-state index in [4.69, 9.17) is 26.1 Å². The summed E-state index contributed by atoms with van der Waals surface area (Å²) < 4.78 is 12.7. The number of aliphatic hydroxyl groups is 1. The van der Waals surface area contributed by atoms with Crippen LogP contribution >= 0.6 is 11.6 Å². The van der Waals surface area contributed by atoms with Crippen molar-refractivity contribution in [1.29, 1.82) is 0 Å². The van der Waals surface area contributed by atoms with E-state index in [2.05, 4.69) is 14.9 Å². The molecule has 2 aliphatic rings. The summed E-state index contributed by atoms with van der Waals surface area (Å²) in [6.45, 7) is 9.24. The zero-order valence-electron chi connectivity index (χ0n) is 19.0. The molecule has 0 aromatic carbocycles. The highest BCUT2D eigenvalue weighted by atomic mass is 35.5. The number of aromatic nitrogens is 4. The van der Waals surface area contributed by atoms with E-state index >= 15 is 0 Å². The second kappa shape index (κ2) is 8.99. The highest BCUT2D eigenvalue weighted by molar-refractivity contribution is 6.28. The van der Waals surface area contributed by atoms with Gasteiger partial charge in [-0.2, -0.15) is 9.97 Å². The summed E-state index contributed by atoms with van der Waals surface area (Å²) in [5.74, 6) is 1.17. The predicted molar refractivity (Wildman–Crippen MR) is 120 cm³/mol. The summed E-state index contributed by atoms with van der Waals surface area (Å²) in [5.41, 5.74) is 0.687. The molecule has 176 valence electrons. The van der Waals surface area contributed by atoms with E-state index in [0.29, 0.717) is 75.0 Å². The minimum Gasteiger partial charge on any atom is -0.444 e. The van der Waals surface area contributed by atoms with E-state index in [-0.39, 0.29) is 17.3 Å². The number of anilines is 1. The highest BCUT2D eigenvalue weighted by Gasteiger charge is 2.33. The summed E-state index contributed by atoms with van der Waals surface area (Å²) in [7, 11) is 1.83. The number of hydrogen-bond donors (Lipinski definition) is 1. The van der Waals surface area contributed by atoms with Crippen LogP contribution in [-0.2, 0) is 16.5 Å². The lowest BCUT2D eigenvalue weighted by Gasteiger charge is -2.34. The molecule has 0 saturated carbocycles. The molecule has 2 aliphatic heterocycles. The second-order valence-corrected chi connectivity index (χ2v) is 9.70. The Hall–Kier alpha value is -2.17. The molecule has 0 bridgehead atoms. The lowest BCUT2D eigenvalue weighted by atomic mass is 9.91. The van der Waals surface area contributed by atoms with Gasteiger partial charge in [0.15, 0.2) is 17.0 Å². The van der Waals surface area contributed by atoms with Crippen molar-refractivity contribution in [2.24, 2.45) is 13.0 Å². The number of halogens is 1. The molecule has 2 aromatic rings. The van der Waals surface area contributed by atoms with Crippen LogP contribution in [-0.4, -0.2) is 80.6 Å². The van der Waals surface area contributed by atoms with Crippen LogP contribution in [0.3, 0.4) is 0 Å². The highest BCUT2D eigenvalue weighted by Crippen LogP contribution is 2.34. The Morgan fingerprint density at radius 2 is 1.81 bits per heavy atom. The molecule has 10 nitrogen and oxygen atoms in total. The molecule has 11 heteroatoms. The fraction of sp³-hybridized carbons (Fsp3) is 0.714. The van der Waals surface area contributed by atoms with Crippen LogP contribution in [0.2, 0.25) is 5.28 Å². The maximum absolute atomic E-state index is 12.3. The summed E-state index contributed by atoms with van der Waals surface area (Å²) in [6, 6.07) is 0. The lowest BCUT2D eigenvalue weighted by molar-refractivity contribution is 0.00623. The lowest BCUT2D eigenvalue weighted by Crippen LogP contribution is -2.42. The number of amides is 1. The molecule has 1 amide bonds. The third kappa shape index (κ3) is 4.77. The standard InChI is InChI=1S/C21H31ClN6O4/c1-21(2,3)32-20(30)28-7-5-13(6-8-28)15(29)18-23-14-16(26(18)4)24-19(22)25-17(14)27-9-11-31-12-10-27/h13,15,29H,5-12H2,1-4H3. The average molecular weight is 467 g/mol. The number of imidazole rings is 1. The Morgan fingerprint density at radius 1 is 1.16 bits per heavy atom. The van der Waals surface area contributed by atoms with Gasteiger partial charge in [0, 0.05) is 33.2 Å². The number of rotatable bonds is 3. The molecule has 2 fully saturated rings. The van der Waals surface area contributed by atoms with Gasteiger partial charge in [-0.25, -0.2) is 9.78 Å². The maximum atomic E-state index is 12.3. The van der Waals surface area contributed by atoms with Crippen LogP contribution in [0.1, 0.15) is 45.5 Å². The van der Waals surface area contributed by atoms with Gasteiger partial charge < -0.3 is 28.9 Å². The third-order valence-electron chi connectivity index (χ3n) is 5.92. The van der Waals surface area contributed by atoms with Gasteiger partial charge in [0.2, 0.25) is 5.28 Å². The first kappa shape index (κ1) is 23.0. The number of morpholine rings is 1. The van der Waals surface area contributed by atoms with Crippen molar-refractivity contribution >= 4 is 34.7 Å². The molecule has 0 spiro atoms. The largest absolute Gasteiger partial charge is 0.444 e. The topological polar surface area (TPSA) is 106 Å². The van der Waals surface area contributed by atoms with Crippen molar-refractivity contribution in [3.63, 3.8) is 0 Å². The molecule has 32 heavy (non-hydrogen) atoms. The first-order chi connectivity index (χ1) is 15.1. The number of aryl methyl sites for hydroxylation is 1. The second-order valence-electron chi connectivity index (χ2n) is 9.37. The van der Waals surface area contributed by atoms with E-state index in [1.807, 2.05) is 27.8 Å². The Morgan fingerprint density at radius 3 is 2.44 bits per heavy atom. The predicted octanol–water partition coefficient (Wildman–Crippen LogP) is 2.53. The number of carbonyl (C=O) groups excluding carboxylic acids is 1. The minimum atomic E-state index is -0.786. The quantitative estimate of drug-likeness (QED) is 0.688. The number of carbonyl (C=O) groups is 1. The first-order valence-electron chi connectivity index (χ1n) is 11.0. The fourth-order valence-electron chi connectivity index (χ4n) is 4.23. The summed E-state index contributed by atoms with van der Waals surface area (Å²) in [4.78, 5) is 29.7. The number of aliphatic hydroxyl groups excluding tert-OH is 1. The molecular weight excluding hydrogens is 436 g/mol. The van der Waals surface area contributed by atoms with Crippen molar-refractivity contribution in [2.75, 3.05) is 44.3 Å². The zero-order valence-corrected chi connectivity index (χ0v) is 19.8. The Bertz CT molecular complexity index is 977. The van der Waals surface area contributed by atoms with Gasteiger partial charge in [-0.3, -0.25) is 0 Å². The molecular formula is C21H31ClN6O4. The Balaban J connectivity index is 1.52. The van der Waals surface area contributed by atoms with Gasteiger partial charge in [0.25, 0.3) is 0 Å². The van der Waals surface area contributed by atoms with Gasteiger partial charge in [-0.15, -0.1) is 0 Å². The molecule has 0 radical (unpaired) electrons. The first-order valence-corrected chi connectivity index (χ1v) is 11.4. The number of piperidine rings is 1. The molecule has 1 unspecified atom stereocenters. The number of likely N-dealkylation sites (tertiary alicyclic amines) is 1. The van der Waals surface area contributed by atoms with Crippen molar-refractivity contribution in [3.8, 4) is 0 Å². The summed E-state index contributed by atoms with van der Waals surface area (Å²) in [5, 5.41) is 11.3. The van der Waals surface area contributed by atoms with E-state index in [9.17, 15) is 9.90 Å². The maximum Gasteiger partial charge on any atom is 0.410 e. The SMILES string of the molecule is Cn1c(C(O)C2CCN(C(=O)OC(C)(C)C)CC2)nc2c(N3CCOCC3)nc(Cl)nc21. The van der Waals surface area contributed by atoms with Gasteiger partial charge in [0.05, 0.1) is 13.2 Å². The van der Waals surface area contributed by atoms with Crippen LogP contribution in [0.15, 0.2) is 0 Å².